The van der Waals surface area contributed by atoms with Gasteiger partial charge in [-0.25, -0.2) is 9.97 Å². The molecule has 0 aliphatic carbocycles. The molecule has 0 saturated heterocycles. The number of hydrogen-bond acceptors (Lipinski definition) is 5. The first-order chi connectivity index (χ1) is 12.7. The molecule has 0 radical (unpaired) electrons. The fourth-order valence-corrected chi connectivity index (χ4v) is 1.81. The van der Waals surface area contributed by atoms with Crippen molar-refractivity contribution in [3.63, 3.8) is 0 Å². The Balaban J connectivity index is 0.000000280. The van der Waals surface area contributed by atoms with Crippen LogP contribution in [-0.4, -0.2) is 27.8 Å². The third-order valence-corrected chi connectivity index (χ3v) is 3.47. The standard InChI is InChI=1S/C10H13ClN2O.C7H4ClF3N2O/c1-10(2,3)9(14)13-8-5-4-7(11)6-12-8;8-3-1-4(6(12)13-2-3)5(14)7(9,10)11/h4-6H,1-3H3,(H,12,13,14);1-2H,(H2,12,13). The summed E-state index contributed by atoms with van der Waals surface area (Å²) in [5.41, 5.74) is 3.95. The summed E-state index contributed by atoms with van der Waals surface area (Å²) < 4.78 is 35.9. The van der Waals surface area contributed by atoms with Crippen molar-refractivity contribution in [2.24, 2.45) is 5.41 Å². The van der Waals surface area contributed by atoms with E-state index in [0.29, 0.717) is 10.8 Å². The van der Waals surface area contributed by atoms with Crippen LogP contribution in [0.15, 0.2) is 30.6 Å². The molecule has 2 heterocycles. The van der Waals surface area contributed by atoms with Crippen LogP contribution in [-0.2, 0) is 4.79 Å². The molecule has 0 saturated carbocycles. The smallest absolute Gasteiger partial charge is 0.383 e. The number of carbonyl (C=O) groups excluding carboxylic acids is 2. The quantitative estimate of drug-likeness (QED) is 0.659. The van der Waals surface area contributed by atoms with Gasteiger partial charge in [0.15, 0.2) is 0 Å². The number of amides is 1. The Bertz CT molecular complexity index is 851. The minimum Gasteiger partial charge on any atom is -0.383 e. The zero-order valence-corrected chi connectivity index (χ0v) is 16.6. The Labute approximate surface area is 169 Å². The van der Waals surface area contributed by atoms with E-state index in [2.05, 4.69) is 15.3 Å². The number of aromatic nitrogens is 2. The Hall–Kier alpha value is -2.39. The van der Waals surface area contributed by atoms with Crippen LogP contribution in [0, 0.1) is 5.41 Å². The summed E-state index contributed by atoms with van der Waals surface area (Å²) in [4.78, 5) is 29.6. The van der Waals surface area contributed by atoms with Crippen molar-refractivity contribution >= 4 is 46.5 Å². The van der Waals surface area contributed by atoms with Gasteiger partial charge >= 0.3 is 6.18 Å². The number of nitrogens with one attached hydrogen (secondary N) is 1. The van der Waals surface area contributed by atoms with Crippen LogP contribution in [0.25, 0.3) is 0 Å². The van der Waals surface area contributed by atoms with E-state index in [1.807, 2.05) is 20.8 Å². The van der Waals surface area contributed by atoms with Gasteiger partial charge in [-0.1, -0.05) is 44.0 Å². The Kier molecular flexibility index (Phi) is 7.77. The van der Waals surface area contributed by atoms with Gasteiger partial charge in [-0.2, -0.15) is 13.2 Å². The van der Waals surface area contributed by atoms with Crippen molar-refractivity contribution in [1.82, 2.24) is 9.97 Å². The second-order valence-corrected chi connectivity index (χ2v) is 7.35. The average Bonchev–Trinajstić information content (AvgIpc) is 2.57. The molecule has 0 spiro atoms. The number of halogens is 5. The molecule has 2 aromatic rings. The second-order valence-electron chi connectivity index (χ2n) is 6.48. The van der Waals surface area contributed by atoms with Crippen molar-refractivity contribution in [2.75, 3.05) is 11.1 Å². The number of pyridine rings is 2. The highest BCUT2D eigenvalue weighted by Gasteiger charge is 2.40. The molecule has 0 aromatic carbocycles. The lowest BCUT2D eigenvalue weighted by molar-refractivity contribution is -0.123. The first-order valence-corrected chi connectivity index (χ1v) is 8.43. The maximum Gasteiger partial charge on any atom is 0.455 e. The van der Waals surface area contributed by atoms with E-state index in [4.69, 9.17) is 28.9 Å². The molecule has 152 valence electrons. The molecule has 2 aromatic heterocycles. The fourth-order valence-electron chi connectivity index (χ4n) is 1.54. The zero-order valence-electron chi connectivity index (χ0n) is 15.1. The van der Waals surface area contributed by atoms with E-state index in [1.54, 1.807) is 12.1 Å². The molecule has 6 nitrogen and oxygen atoms in total. The van der Waals surface area contributed by atoms with Gasteiger partial charge in [0.1, 0.15) is 11.6 Å². The van der Waals surface area contributed by atoms with Gasteiger partial charge in [-0.3, -0.25) is 9.59 Å². The maximum atomic E-state index is 12.0. The molecule has 0 unspecified atom stereocenters. The van der Waals surface area contributed by atoms with Crippen LogP contribution in [0.3, 0.4) is 0 Å². The van der Waals surface area contributed by atoms with E-state index in [9.17, 15) is 22.8 Å². The summed E-state index contributed by atoms with van der Waals surface area (Å²) in [7, 11) is 0. The van der Waals surface area contributed by atoms with Crippen LogP contribution in [0.4, 0.5) is 24.8 Å². The minimum atomic E-state index is -4.97. The van der Waals surface area contributed by atoms with Gasteiger partial charge in [0.2, 0.25) is 5.91 Å². The van der Waals surface area contributed by atoms with E-state index in [1.165, 1.54) is 6.20 Å². The number of Topliss-reactive ketones (excluding diaryl/α,β-unsaturated/α-hetero) is 1. The molecule has 0 aliphatic heterocycles. The van der Waals surface area contributed by atoms with E-state index in [-0.39, 0.29) is 10.9 Å². The van der Waals surface area contributed by atoms with Crippen molar-refractivity contribution < 1.29 is 22.8 Å². The monoisotopic (exact) mass is 436 g/mol. The molecule has 0 aliphatic rings. The number of nitrogens with zero attached hydrogens (tertiary/aromatic N) is 2. The van der Waals surface area contributed by atoms with E-state index in [0.717, 1.165) is 12.3 Å². The highest BCUT2D eigenvalue weighted by Crippen LogP contribution is 2.25. The molecule has 0 atom stereocenters. The first-order valence-electron chi connectivity index (χ1n) is 7.67. The molecular formula is C17H17Cl2F3N4O2. The summed E-state index contributed by atoms with van der Waals surface area (Å²) in [6.45, 7) is 5.54. The molecule has 2 rings (SSSR count). The maximum absolute atomic E-state index is 12.0. The number of nitrogens with two attached hydrogens (primary N) is 1. The summed E-state index contributed by atoms with van der Waals surface area (Å²) in [6, 6.07) is 4.19. The Morgan fingerprint density at radius 3 is 2.07 bits per heavy atom. The average molecular weight is 437 g/mol. The lowest BCUT2D eigenvalue weighted by Crippen LogP contribution is -2.27. The number of rotatable bonds is 2. The fraction of sp³-hybridized carbons (Fsp3) is 0.294. The van der Waals surface area contributed by atoms with Gasteiger partial charge in [-0.05, 0) is 18.2 Å². The van der Waals surface area contributed by atoms with Gasteiger partial charge < -0.3 is 11.1 Å². The predicted molar refractivity (Wildman–Crippen MR) is 101 cm³/mol. The van der Waals surface area contributed by atoms with Gasteiger partial charge in [0, 0.05) is 17.8 Å². The third kappa shape index (κ3) is 7.32. The minimum absolute atomic E-state index is 0.0627. The molecule has 3 N–H and O–H groups in total. The van der Waals surface area contributed by atoms with Crippen molar-refractivity contribution in [3.05, 3.63) is 46.2 Å². The SMILES string of the molecule is CC(C)(C)C(=O)Nc1ccc(Cl)cn1.Nc1ncc(Cl)cc1C(=O)C(F)(F)F. The molecular weight excluding hydrogens is 420 g/mol. The number of carbonyl (C=O) groups is 2. The lowest BCUT2D eigenvalue weighted by atomic mass is 9.96. The molecule has 28 heavy (non-hydrogen) atoms. The number of anilines is 2. The summed E-state index contributed by atoms with van der Waals surface area (Å²) >= 11 is 11.0. The molecule has 1 amide bonds. The van der Waals surface area contributed by atoms with Crippen LogP contribution in [0.2, 0.25) is 10.0 Å². The van der Waals surface area contributed by atoms with E-state index >= 15 is 0 Å². The topological polar surface area (TPSA) is 98.0 Å². The van der Waals surface area contributed by atoms with Crippen molar-refractivity contribution in [3.8, 4) is 0 Å². The normalized spacial score (nSPS) is 11.3. The second kappa shape index (κ2) is 9.20. The third-order valence-electron chi connectivity index (χ3n) is 3.04. The number of nitrogen functional groups attached to an aromatic ring is 1. The summed E-state index contributed by atoms with van der Waals surface area (Å²) in [6.07, 6.45) is -2.41. The number of alkyl halides is 3. The van der Waals surface area contributed by atoms with Crippen LogP contribution in [0.5, 0.6) is 0 Å². The summed E-state index contributed by atoms with van der Waals surface area (Å²) in [5.74, 6) is -2.08. The highest BCUT2D eigenvalue weighted by atomic mass is 35.5. The molecule has 0 fully saturated rings. The van der Waals surface area contributed by atoms with Crippen LogP contribution in [0.1, 0.15) is 31.1 Å². The zero-order chi connectivity index (χ0) is 21.7. The number of ketones is 1. The van der Waals surface area contributed by atoms with Gasteiger partial charge in [-0.15, -0.1) is 0 Å². The van der Waals surface area contributed by atoms with Crippen LogP contribution >= 0.6 is 23.2 Å². The highest BCUT2D eigenvalue weighted by molar-refractivity contribution is 6.31. The first kappa shape index (κ1) is 23.6. The lowest BCUT2D eigenvalue weighted by Gasteiger charge is -2.16. The Morgan fingerprint density at radius 2 is 1.61 bits per heavy atom. The molecule has 0 bridgehead atoms. The number of hydrogen-bond donors (Lipinski definition) is 2. The van der Waals surface area contributed by atoms with Gasteiger partial charge in [0.25, 0.3) is 5.78 Å². The predicted octanol–water partition coefficient (Wildman–Crippen LogP) is 4.78. The van der Waals surface area contributed by atoms with Crippen molar-refractivity contribution in [2.45, 2.75) is 26.9 Å². The molecule has 11 heteroatoms. The Morgan fingerprint density at radius 1 is 1.04 bits per heavy atom. The van der Waals surface area contributed by atoms with Gasteiger partial charge in [0.05, 0.1) is 15.6 Å². The van der Waals surface area contributed by atoms with Crippen LogP contribution < -0.4 is 11.1 Å². The summed E-state index contributed by atoms with van der Waals surface area (Å²) in [5, 5.41) is 3.18. The largest absolute Gasteiger partial charge is 0.455 e. The van der Waals surface area contributed by atoms with E-state index < -0.39 is 28.8 Å². The van der Waals surface area contributed by atoms with Crippen molar-refractivity contribution in [1.29, 1.82) is 0 Å².